The highest BCUT2D eigenvalue weighted by atomic mass is 79.9. The molecule has 2 N–H and O–H groups in total. The highest BCUT2D eigenvalue weighted by molar-refractivity contribution is 9.10. The molecule has 0 unspecified atom stereocenters. The number of halogens is 1. The maximum Gasteiger partial charge on any atom is 0.335 e. The molecule has 5 heteroatoms. The van der Waals surface area contributed by atoms with Gasteiger partial charge in [0.05, 0.1) is 5.56 Å². The van der Waals surface area contributed by atoms with Crippen molar-refractivity contribution >= 4 is 34.0 Å². The summed E-state index contributed by atoms with van der Waals surface area (Å²) >= 11 is 3.13. The molecule has 1 rings (SSSR count). The Bertz CT molecular complexity index is 351. The normalized spacial score (nSPS) is 9.31. The van der Waals surface area contributed by atoms with Crippen LogP contribution in [0, 0.1) is 0 Å². The van der Waals surface area contributed by atoms with Crippen LogP contribution in [0.5, 0.6) is 0 Å². The maximum absolute atomic E-state index is 10.6. The van der Waals surface area contributed by atoms with Crippen LogP contribution in [0.1, 0.15) is 10.4 Å². The molecule has 0 spiro atoms. The molecule has 0 saturated heterocycles. The molecule has 0 aliphatic heterocycles. The number of hydrogen-bond donors (Lipinski definition) is 2. The van der Waals surface area contributed by atoms with Gasteiger partial charge in [-0.15, -0.1) is 0 Å². The van der Waals surface area contributed by atoms with Gasteiger partial charge in [-0.25, -0.2) is 4.79 Å². The smallest absolute Gasteiger partial charge is 0.335 e. The molecule has 13 heavy (non-hydrogen) atoms. The van der Waals surface area contributed by atoms with Crippen LogP contribution < -0.4 is 5.32 Å². The first kappa shape index (κ1) is 9.73. The summed E-state index contributed by atoms with van der Waals surface area (Å²) in [5.41, 5.74) is 0.570. The lowest BCUT2D eigenvalue weighted by atomic mass is 10.2. The Morgan fingerprint density at radius 2 is 2.15 bits per heavy atom. The monoisotopic (exact) mass is 243 g/mol. The lowest BCUT2D eigenvalue weighted by Crippen LogP contribution is -1.99. The predicted molar refractivity (Wildman–Crippen MR) is 50.8 cm³/mol. The number of hydrogen-bond acceptors (Lipinski definition) is 2. The Morgan fingerprint density at radius 1 is 1.46 bits per heavy atom. The highest BCUT2D eigenvalue weighted by Gasteiger charge is 2.04. The van der Waals surface area contributed by atoms with Crippen LogP contribution in [0.15, 0.2) is 22.7 Å². The molecule has 68 valence electrons. The predicted octanol–water partition coefficient (Wildman–Crippen LogP) is 1.72. The van der Waals surface area contributed by atoms with Crippen LogP contribution >= 0.6 is 15.9 Å². The second kappa shape index (κ2) is 4.04. The molecular weight excluding hydrogens is 238 g/mol. The molecule has 0 aliphatic rings. The van der Waals surface area contributed by atoms with E-state index in [1.165, 1.54) is 12.1 Å². The summed E-state index contributed by atoms with van der Waals surface area (Å²) in [7, 11) is 0. The highest BCUT2D eigenvalue weighted by Crippen LogP contribution is 2.19. The van der Waals surface area contributed by atoms with Gasteiger partial charge in [0.1, 0.15) is 0 Å². The average Bonchev–Trinajstić information content (AvgIpc) is 2.03. The van der Waals surface area contributed by atoms with Gasteiger partial charge >= 0.3 is 5.97 Å². The zero-order valence-electron chi connectivity index (χ0n) is 6.45. The molecule has 1 aromatic rings. The minimum Gasteiger partial charge on any atom is -0.478 e. The van der Waals surface area contributed by atoms with Crippen LogP contribution in [0.2, 0.25) is 0 Å². The molecule has 0 atom stereocenters. The summed E-state index contributed by atoms with van der Waals surface area (Å²) in [6.45, 7) is 0. The second-order valence-electron chi connectivity index (χ2n) is 2.30. The number of nitrogens with one attached hydrogen (secondary N) is 1. The van der Waals surface area contributed by atoms with Crippen molar-refractivity contribution in [2.24, 2.45) is 0 Å². The van der Waals surface area contributed by atoms with Gasteiger partial charge in [0.2, 0.25) is 6.41 Å². The largest absolute Gasteiger partial charge is 0.478 e. The number of carbonyl (C=O) groups excluding carboxylic acids is 1. The minimum atomic E-state index is -1.03. The van der Waals surface area contributed by atoms with Crippen molar-refractivity contribution in [2.75, 3.05) is 5.32 Å². The Hall–Kier alpha value is -1.36. The number of amides is 1. The maximum atomic E-state index is 10.6. The van der Waals surface area contributed by atoms with Crippen LogP contribution in [0.3, 0.4) is 0 Å². The van der Waals surface area contributed by atoms with Crippen molar-refractivity contribution in [1.82, 2.24) is 0 Å². The summed E-state index contributed by atoms with van der Waals surface area (Å²) in [6, 6.07) is 4.45. The fourth-order valence-electron chi connectivity index (χ4n) is 0.864. The number of aromatic carboxylic acids is 1. The second-order valence-corrected chi connectivity index (χ2v) is 3.21. The molecule has 0 bridgehead atoms. The van der Waals surface area contributed by atoms with Crippen molar-refractivity contribution in [2.45, 2.75) is 0 Å². The third-order valence-electron chi connectivity index (χ3n) is 1.37. The van der Waals surface area contributed by atoms with E-state index < -0.39 is 5.97 Å². The molecule has 0 aliphatic carbocycles. The fraction of sp³-hybridized carbons (Fsp3) is 0. The molecule has 1 amide bonds. The van der Waals surface area contributed by atoms with E-state index in [-0.39, 0.29) is 5.56 Å². The van der Waals surface area contributed by atoms with Crippen LogP contribution in [0.25, 0.3) is 0 Å². The summed E-state index contributed by atoms with van der Waals surface area (Å²) in [5, 5.41) is 11.0. The molecular formula is C8H6BrNO3. The van der Waals surface area contributed by atoms with Crippen LogP contribution in [0.4, 0.5) is 5.69 Å². The molecule has 0 heterocycles. The van der Waals surface area contributed by atoms with Gasteiger partial charge in [0.15, 0.2) is 0 Å². The van der Waals surface area contributed by atoms with Gasteiger partial charge in [0, 0.05) is 10.2 Å². The summed E-state index contributed by atoms with van der Waals surface area (Å²) in [5.74, 6) is -1.03. The number of carboxylic acids is 1. The lowest BCUT2D eigenvalue weighted by Gasteiger charge is -2.01. The van der Waals surface area contributed by atoms with E-state index >= 15 is 0 Å². The van der Waals surface area contributed by atoms with E-state index in [1.54, 1.807) is 6.07 Å². The first-order valence-electron chi connectivity index (χ1n) is 3.37. The van der Waals surface area contributed by atoms with E-state index in [2.05, 4.69) is 21.2 Å². The van der Waals surface area contributed by atoms with E-state index in [4.69, 9.17) is 5.11 Å². The Balaban J connectivity index is 3.10. The third-order valence-corrected chi connectivity index (χ3v) is 1.83. The van der Waals surface area contributed by atoms with Crippen molar-refractivity contribution in [3.05, 3.63) is 28.2 Å². The van der Waals surface area contributed by atoms with Gasteiger partial charge in [0.25, 0.3) is 0 Å². The van der Waals surface area contributed by atoms with Crippen molar-refractivity contribution in [3.63, 3.8) is 0 Å². The van der Waals surface area contributed by atoms with E-state index in [1.807, 2.05) is 0 Å². The van der Waals surface area contributed by atoms with Crippen molar-refractivity contribution in [3.8, 4) is 0 Å². The summed E-state index contributed by atoms with van der Waals surface area (Å²) in [4.78, 5) is 20.7. The summed E-state index contributed by atoms with van der Waals surface area (Å²) < 4.78 is 0.608. The number of carbonyl (C=O) groups is 2. The molecule has 0 fully saturated rings. The molecule has 1 aromatic carbocycles. The van der Waals surface area contributed by atoms with Gasteiger partial charge in [-0.3, -0.25) is 4.79 Å². The Morgan fingerprint density at radius 3 is 2.69 bits per heavy atom. The minimum absolute atomic E-state index is 0.124. The van der Waals surface area contributed by atoms with Gasteiger partial charge in [-0.1, -0.05) is 15.9 Å². The standard InChI is InChI=1S/C8H6BrNO3/c9-6-1-5(8(12)13)2-7(3-6)10-4-11/h1-4H,(H,10,11)(H,12,13). The number of rotatable bonds is 3. The van der Waals surface area contributed by atoms with Gasteiger partial charge < -0.3 is 10.4 Å². The van der Waals surface area contributed by atoms with E-state index in [0.717, 1.165) is 0 Å². The molecule has 4 nitrogen and oxygen atoms in total. The first-order valence-corrected chi connectivity index (χ1v) is 4.17. The van der Waals surface area contributed by atoms with E-state index in [0.29, 0.717) is 16.6 Å². The van der Waals surface area contributed by atoms with Gasteiger partial charge in [-0.05, 0) is 18.2 Å². The molecule has 0 radical (unpaired) electrons. The molecule has 0 aromatic heterocycles. The van der Waals surface area contributed by atoms with E-state index in [9.17, 15) is 9.59 Å². The Labute approximate surface area is 82.7 Å². The topological polar surface area (TPSA) is 66.4 Å². The number of carboxylic acid groups (broad SMARTS) is 1. The average molecular weight is 244 g/mol. The van der Waals surface area contributed by atoms with Gasteiger partial charge in [-0.2, -0.15) is 0 Å². The third kappa shape index (κ3) is 2.55. The quantitative estimate of drug-likeness (QED) is 0.795. The van der Waals surface area contributed by atoms with Crippen LogP contribution in [-0.4, -0.2) is 17.5 Å². The SMILES string of the molecule is O=CNc1cc(Br)cc(C(=O)O)c1. The zero-order valence-corrected chi connectivity index (χ0v) is 8.04. The van der Waals surface area contributed by atoms with Crippen LogP contribution in [-0.2, 0) is 4.79 Å². The fourth-order valence-corrected chi connectivity index (χ4v) is 1.36. The first-order chi connectivity index (χ1) is 6.13. The lowest BCUT2D eigenvalue weighted by molar-refractivity contribution is -0.105. The van der Waals surface area contributed by atoms with Crippen molar-refractivity contribution in [1.29, 1.82) is 0 Å². The number of anilines is 1. The zero-order chi connectivity index (χ0) is 9.84. The number of benzene rings is 1. The molecule has 0 saturated carbocycles. The van der Waals surface area contributed by atoms with Crippen molar-refractivity contribution < 1.29 is 14.7 Å². The Kier molecular flexibility index (Phi) is 3.02. The summed E-state index contributed by atoms with van der Waals surface area (Å²) in [6.07, 6.45) is 0.493.